The van der Waals surface area contributed by atoms with Gasteiger partial charge in [-0.1, -0.05) is 54.6 Å². The van der Waals surface area contributed by atoms with Crippen molar-refractivity contribution in [3.05, 3.63) is 77.9 Å². The molecular formula is C28H31N3O3. The molecule has 3 amide bonds. The van der Waals surface area contributed by atoms with Crippen LogP contribution in [0.5, 0.6) is 0 Å². The quantitative estimate of drug-likeness (QED) is 0.579. The van der Waals surface area contributed by atoms with E-state index >= 15 is 0 Å². The third kappa shape index (κ3) is 4.81. The van der Waals surface area contributed by atoms with Crippen LogP contribution in [0.3, 0.4) is 0 Å². The fraction of sp³-hybridized carbons (Fsp3) is 0.321. The number of nitrogens with zero attached hydrogens (tertiary/aromatic N) is 2. The first-order chi connectivity index (χ1) is 16.2. The highest BCUT2D eigenvalue weighted by molar-refractivity contribution is 6.26. The van der Waals surface area contributed by atoms with Gasteiger partial charge in [-0.2, -0.15) is 0 Å². The van der Waals surface area contributed by atoms with Crippen LogP contribution in [-0.2, 0) is 16.0 Å². The molecule has 0 fully saturated rings. The molecular weight excluding hydrogens is 426 g/mol. The smallest absolute Gasteiger partial charge is 0.259 e. The van der Waals surface area contributed by atoms with Crippen molar-refractivity contribution in [2.45, 2.75) is 45.7 Å². The van der Waals surface area contributed by atoms with Gasteiger partial charge in [0.2, 0.25) is 11.8 Å². The molecule has 1 N–H and O–H groups in total. The van der Waals surface area contributed by atoms with Crippen molar-refractivity contribution in [1.29, 1.82) is 0 Å². The highest BCUT2D eigenvalue weighted by Gasteiger charge is 2.34. The number of nitrogens with one attached hydrogen (secondary N) is 1. The molecule has 6 nitrogen and oxygen atoms in total. The lowest BCUT2D eigenvalue weighted by Crippen LogP contribution is -2.54. The van der Waals surface area contributed by atoms with Crippen LogP contribution in [0.1, 0.15) is 43.6 Å². The molecule has 0 bridgehead atoms. The largest absolute Gasteiger partial charge is 0.350 e. The zero-order valence-corrected chi connectivity index (χ0v) is 20.2. The first-order valence-corrected chi connectivity index (χ1v) is 11.6. The van der Waals surface area contributed by atoms with E-state index in [0.29, 0.717) is 18.5 Å². The van der Waals surface area contributed by atoms with E-state index in [9.17, 15) is 14.4 Å². The molecule has 1 aliphatic heterocycles. The summed E-state index contributed by atoms with van der Waals surface area (Å²) in [6.07, 6.45) is 0.615. The zero-order valence-electron chi connectivity index (χ0n) is 20.2. The van der Waals surface area contributed by atoms with Gasteiger partial charge in [0, 0.05) is 23.0 Å². The molecule has 0 spiro atoms. The van der Waals surface area contributed by atoms with Crippen molar-refractivity contribution in [2.24, 2.45) is 0 Å². The second-order valence-corrected chi connectivity index (χ2v) is 9.81. The summed E-state index contributed by atoms with van der Waals surface area (Å²) in [4.78, 5) is 42.9. The number of hydrogen-bond acceptors (Lipinski definition) is 3. The fourth-order valence-corrected chi connectivity index (χ4v) is 4.41. The topological polar surface area (TPSA) is 69.7 Å². The Labute approximate surface area is 200 Å². The van der Waals surface area contributed by atoms with E-state index in [-0.39, 0.29) is 24.3 Å². The molecule has 3 aromatic carbocycles. The van der Waals surface area contributed by atoms with Gasteiger partial charge < -0.3 is 10.2 Å². The summed E-state index contributed by atoms with van der Waals surface area (Å²) in [7, 11) is 0. The minimum atomic E-state index is -0.675. The first-order valence-electron chi connectivity index (χ1n) is 11.6. The minimum Gasteiger partial charge on any atom is -0.350 e. The van der Waals surface area contributed by atoms with Crippen LogP contribution in [0.2, 0.25) is 0 Å². The number of carbonyl (C=O) groups excluding carboxylic acids is 3. The Morgan fingerprint density at radius 3 is 2.32 bits per heavy atom. The van der Waals surface area contributed by atoms with Crippen LogP contribution in [-0.4, -0.2) is 47.3 Å². The molecule has 0 saturated carbocycles. The number of anilines is 1. The highest BCUT2D eigenvalue weighted by atomic mass is 16.2. The molecule has 0 saturated heterocycles. The number of hydrogen-bond donors (Lipinski definition) is 1. The van der Waals surface area contributed by atoms with Gasteiger partial charge >= 0.3 is 0 Å². The van der Waals surface area contributed by atoms with Gasteiger partial charge in [0.1, 0.15) is 12.6 Å². The Balaban J connectivity index is 1.58. The van der Waals surface area contributed by atoms with Gasteiger partial charge in [0.15, 0.2) is 0 Å². The summed E-state index contributed by atoms with van der Waals surface area (Å²) in [6, 6.07) is 20.5. The number of amides is 3. The van der Waals surface area contributed by atoms with Crippen LogP contribution >= 0.6 is 0 Å². The normalized spacial score (nSPS) is 13.8. The summed E-state index contributed by atoms with van der Waals surface area (Å²) in [6.45, 7) is 7.73. The van der Waals surface area contributed by atoms with E-state index in [2.05, 4.69) is 5.32 Å². The monoisotopic (exact) mass is 457 g/mol. The molecule has 1 aliphatic rings. The maximum absolute atomic E-state index is 13.6. The molecule has 176 valence electrons. The first kappa shape index (κ1) is 23.5. The highest BCUT2D eigenvalue weighted by Crippen LogP contribution is 2.37. The Bertz CT molecular complexity index is 1230. The van der Waals surface area contributed by atoms with Crippen LogP contribution in [0.15, 0.2) is 66.7 Å². The lowest BCUT2D eigenvalue weighted by molar-refractivity contribution is -0.139. The van der Waals surface area contributed by atoms with Crippen LogP contribution < -0.4 is 10.2 Å². The lowest BCUT2D eigenvalue weighted by Gasteiger charge is -2.32. The van der Waals surface area contributed by atoms with E-state index < -0.39 is 11.6 Å². The Hall–Kier alpha value is -3.67. The van der Waals surface area contributed by atoms with Crippen molar-refractivity contribution in [2.75, 3.05) is 18.0 Å². The lowest BCUT2D eigenvalue weighted by atomic mass is 10.1. The van der Waals surface area contributed by atoms with Gasteiger partial charge in [0.05, 0.1) is 5.69 Å². The molecule has 1 atom stereocenters. The van der Waals surface area contributed by atoms with Crippen LogP contribution in [0.25, 0.3) is 10.8 Å². The number of rotatable bonds is 7. The summed E-state index contributed by atoms with van der Waals surface area (Å²) in [5.41, 5.74) is 2.01. The molecule has 6 heteroatoms. The fourth-order valence-electron chi connectivity index (χ4n) is 4.41. The minimum absolute atomic E-state index is 0.117. The molecule has 0 aliphatic carbocycles. The standard InChI is InChI=1S/C28H31N3O3/c1-19(26(33)29-28(2,3)4)30(17-16-20-10-6-5-7-11-20)24(32)18-31-23-15-9-13-21-12-8-14-22(25(21)23)27(31)34/h5-15,19H,16-18H2,1-4H3,(H,29,33). The molecule has 4 rings (SSSR count). The van der Waals surface area contributed by atoms with E-state index in [1.54, 1.807) is 17.9 Å². The van der Waals surface area contributed by atoms with Gasteiger partial charge in [-0.15, -0.1) is 0 Å². The van der Waals surface area contributed by atoms with Gasteiger partial charge in [-0.3, -0.25) is 19.3 Å². The molecule has 0 aromatic heterocycles. The van der Waals surface area contributed by atoms with Crippen molar-refractivity contribution in [3.63, 3.8) is 0 Å². The Morgan fingerprint density at radius 1 is 0.971 bits per heavy atom. The molecule has 34 heavy (non-hydrogen) atoms. The summed E-state index contributed by atoms with van der Waals surface area (Å²) in [5, 5.41) is 4.81. The van der Waals surface area contributed by atoms with Crippen molar-refractivity contribution >= 4 is 34.2 Å². The van der Waals surface area contributed by atoms with Gasteiger partial charge in [0.25, 0.3) is 5.91 Å². The van der Waals surface area contributed by atoms with E-state index in [4.69, 9.17) is 0 Å². The van der Waals surface area contributed by atoms with Gasteiger partial charge in [-0.25, -0.2) is 0 Å². The summed E-state index contributed by atoms with van der Waals surface area (Å²) in [5.74, 6) is -0.660. The van der Waals surface area contributed by atoms with E-state index in [0.717, 1.165) is 22.0 Å². The maximum Gasteiger partial charge on any atom is 0.259 e. The molecule has 3 aromatic rings. The maximum atomic E-state index is 13.6. The SMILES string of the molecule is CC(C(=O)NC(C)(C)C)N(CCc1ccccc1)C(=O)CN1C(=O)c2cccc3cccc1c23. The number of carbonyl (C=O) groups is 3. The van der Waals surface area contributed by atoms with Crippen molar-refractivity contribution < 1.29 is 14.4 Å². The third-order valence-electron chi connectivity index (χ3n) is 6.09. The predicted molar refractivity (Wildman–Crippen MR) is 135 cm³/mol. The molecule has 1 heterocycles. The predicted octanol–water partition coefficient (Wildman–Crippen LogP) is 4.17. The summed E-state index contributed by atoms with van der Waals surface area (Å²) < 4.78 is 0. The van der Waals surface area contributed by atoms with Crippen LogP contribution in [0.4, 0.5) is 5.69 Å². The third-order valence-corrected chi connectivity index (χ3v) is 6.09. The average Bonchev–Trinajstić information content (AvgIpc) is 3.06. The second-order valence-electron chi connectivity index (χ2n) is 9.81. The summed E-state index contributed by atoms with van der Waals surface area (Å²) >= 11 is 0. The zero-order chi connectivity index (χ0) is 24.5. The van der Waals surface area contributed by atoms with Crippen LogP contribution in [0, 0.1) is 0 Å². The van der Waals surface area contributed by atoms with Gasteiger partial charge in [-0.05, 0) is 57.2 Å². The van der Waals surface area contributed by atoms with Crippen molar-refractivity contribution in [1.82, 2.24) is 10.2 Å². The molecule has 1 unspecified atom stereocenters. The van der Waals surface area contributed by atoms with E-state index in [1.807, 2.05) is 81.4 Å². The Kier molecular flexibility index (Phi) is 6.42. The Morgan fingerprint density at radius 2 is 1.65 bits per heavy atom. The average molecular weight is 458 g/mol. The number of benzene rings is 3. The van der Waals surface area contributed by atoms with Crippen molar-refractivity contribution in [3.8, 4) is 0 Å². The molecule has 0 radical (unpaired) electrons. The second kappa shape index (κ2) is 9.29. The van der Waals surface area contributed by atoms with E-state index in [1.165, 1.54) is 4.90 Å².